The number of methoxy groups -OCH3 is 1. The third kappa shape index (κ3) is 4.16. The molecule has 1 aliphatic rings. The van der Waals surface area contributed by atoms with Gasteiger partial charge in [0.05, 0.1) is 28.8 Å². The molecule has 2 atom stereocenters. The molecule has 8 heteroatoms. The van der Waals surface area contributed by atoms with Gasteiger partial charge in [-0.15, -0.1) is 0 Å². The molecule has 7 nitrogen and oxygen atoms in total. The van der Waals surface area contributed by atoms with Gasteiger partial charge in [-0.25, -0.2) is 9.49 Å². The molecule has 1 amide bonds. The van der Waals surface area contributed by atoms with Gasteiger partial charge in [0.1, 0.15) is 5.82 Å². The Labute approximate surface area is 185 Å². The maximum atomic E-state index is 14.7. The number of likely N-dealkylation sites (N-methyl/N-ethyl adjacent to an activating group) is 1. The first-order chi connectivity index (χ1) is 15.4. The number of benzene rings is 2. The van der Waals surface area contributed by atoms with E-state index < -0.39 is 5.82 Å². The smallest absolute Gasteiger partial charge is 0.272 e. The van der Waals surface area contributed by atoms with Gasteiger partial charge < -0.3 is 9.64 Å². The summed E-state index contributed by atoms with van der Waals surface area (Å²) in [6.07, 6.45) is 0.242. The number of aromatic nitrogens is 2. The van der Waals surface area contributed by atoms with Crippen LogP contribution in [0.15, 0.2) is 47.3 Å². The fraction of sp³-hybridized carbons (Fsp3) is 0.375. The Hall–Kier alpha value is -3.10. The summed E-state index contributed by atoms with van der Waals surface area (Å²) in [4.78, 5) is 29.0. The Kier molecular flexibility index (Phi) is 6.34. The Bertz CT molecular complexity index is 1200. The van der Waals surface area contributed by atoms with Crippen LogP contribution in [0.1, 0.15) is 28.5 Å². The summed E-state index contributed by atoms with van der Waals surface area (Å²) < 4.78 is 20.2. The number of fused-ring (bicyclic) bond motifs is 1. The lowest BCUT2D eigenvalue weighted by Crippen LogP contribution is -2.41. The van der Waals surface area contributed by atoms with Crippen LogP contribution in [-0.2, 0) is 11.2 Å². The third-order valence-corrected chi connectivity index (χ3v) is 6.30. The SMILES string of the molecule is CCN(C)[C@H]1CN(C(=O)c2cc(Cc3n[nH]c(=O)c4ccccc34)ccc2F)C[C@H]1OC. The quantitative estimate of drug-likeness (QED) is 0.640. The van der Waals surface area contributed by atoms with Crippen molar-refractivity contribution in [2.75, 3.05) is 33.8 Å². The number of nitrogens with zero attached hydrogens (tertiary/aromatic N) is 3. The van der Waals surface area contributed by atoms with E-state index in [1.165, 1.54) is 6.07 Å². The molecule has 1 aromatic heterocycles. The van der Waals surface area contributed by atoms with E-state index in [0.717, 1.165) is 17.5 Å². The number of aromatic amines is 1. The van der Waals surface area contributed by atoms with Crippen molar-refractivity contribution < 1.29 is 13.9 Å². The van der Waals surface area contributed by atoms with Crippen LogP contribution in [-0.4, -0.2) is 71.8 Å². The molecular weight excluding hydrogens is 411 g/mol. The molecule has 0 bridgehead atoms. The lowest BCUT2D eigenvalue weighted by molar-refractivity contribution is 0.0534. The summed E-state index contributed by atoms with van der Waals surface area (Å²) in [6.45, 7) is 3.78. The highest BCUT2D eigenvalue weighted by Gasteiger charge is 2.38. The van der Waals surface area contributed by atoms with Crippen molar-refractivity contribution in [1.82, 2.24) is 20.0 Å². The number of hydrogen-bond donors (Lipinski definition) is 1. The predicted molar refractivity (Wildman–Crippen MR) is 120 cm³/mol. The average Bonchev–Trinajstić information content (AvgIpc) is 3.26. The molecule has 1 aliphatic heterocycles. The lowest BCUT2D eigenvalue weighted by Gasteiger charge is -2.26. The number of amides is 1. The monoisotopic (exact) mass is 438 g/mol. The van der Waals surface area contributed by atoms with Crippen LogP contribution in [0, 0.1) is 5.82 Å². The second-order valence-corrected chi connectivity index (χ2v) is 8.16. The maximum absolute atomic E-state index is 14.7. The highest BCUT2D eigenvalue weighted by molar-refractivity contribution is 5.95. The number of H-pyrrole nitrogens is 1. The number of carbonyl (C=O) groups is 1. The molecule has 0 spiro atoms. The van der Waals surface area contributed by atoms with Crippen LogP contribution in [0.25, 0.3) is 10.8 Å². The Balaban J connectivity index is 1.61. The fourth-order valence-corrected chi connectivity index (χ4v) is 4.33. The normalized spacial score (nSPS) is 18.6. The zero-order valence-electron chi connectivity index (χ0n) is 18.5. The second-order valence-electron chi connectivity index (χ2n) is 8.16. The number of nitrogens with one attached hydrogen (secondary N) is 1. The minimum atomic E-state index is -0.556. The van der Waals surface area contributed by atoms with Gasteiger partial charge in [-0.05, 0) is 37.4 Å². The summed E-state index contributed by atoms with van der Waals surface area (Å²) >= 11 is 0. The van der Waals surface area contributed by atoms with Gasteiger partial charge in [0.15, 0.2) is 0 Å². The average molecular weight is 439 g/mol. The predicted octanol–water partition coefficient (Wildman–Crippen LogP) is 2.44. The van der Waals surface area contributed by atoms with Gasteiger partial charge in [-0.2, -0.15) is 5.10 Å². The van der Waals surface area contributed by atoms with E-state index in [1.807, 2.05) is 19.2 Å². The molecule has 0 aliphatic carbocycles. The van der Waals surface area contributed by atoms with Crippen LogP contribution >= 0.6 is 0 Å². The summed E-state index contributed by atoms with van der Waals surface area (Å²) in [5.74, 6) is -0.906. The molecule has 168 valence electrons. The van der Waals surface area contributed by atoms with Crippen LogP contribution in [0.3, 0.4) is 0 Å². The van der Waals surface area contributed by atoms with Crippen LogP contribution in [0.2, 0.25) is 0 Å². The lowest BCUT2D eigenvalue weighted by atomic mass is 10.0. The van der Waals surface area contributed by atoms with Gasteiger partial charge in [0.25, 0.3) is 11.5 Å². The third-order valence-electron chi connectivity index (χ3n) is 6.30. The van der Waals surface area contributed by atoms with E-state index in [9.17, 15) is 14.0 Å². The van der Waals surface area contributed by atoms with Crippen molar-refractivity contribution in [3.63, 3.8) is 0 Å². The number of hydrogen-bond acceptors (Lipinski definition) is 5. The molecule has 0 radical (unpaired) electrons. The molecule has 3 aromatic rings. The minimum Gasteiger partial charge on any atom is -0.378 e. The molecule has 1 fully saturated rings. The molecule has 0 saturated carbocycles. The largest absolute Gasteiger partial charge is 0.378 e. The number of likely N-dealkylation sites (tertiary alicyclic amines) is 1. The molecule has 1 saturated heterocycles. The van der Waals surface area contributed by atoms with Crippen LogP contribution in [0.5, 0.6) is 0 Å². The standard InChI is InChI=1S/C24H27FN4O3/c1-4-28(2)21-13-29(14-22(21)32-3)24(31)18-11-15(9-10-19(18)25)12-20-16-7-5-6-8-17(16)23(30)27-26-20/h5-11,21-22H,4,12-14H2,1-3H3,(H,27,30)/t21-,22+/m0/s1. The first-order valence-corrected chi connectivity index (χ1v) is 10.7. The van der Waals surface area contributed by atoms with Gasteiger partial charge in [0, 0.05) is 32.0 Å². The number of ether oxygens (including phenoxy) is 1. The van der Waals surface area contributed by atoms with E-state index in [4.69, 9.17) is 4.74 Å². The van der Waals surface area contributed by atoms with Crippen molar-refractivity contribution in [2.24, 2.45) is 0 Å². The summed E-state index contributed by atoms with van der Waals surface area (Å²) in [5.41, 5.74) is 1.18. The molecule has 4 rings (SSSR count). The molecule has 0 unspecified atom stereocenters. The number of halogens is 1. The van der Waals surface area contributed by atoms with E-state index in [2.05, 4.69) is 22.0 Å². The van der Waals surface area contributed by atoms with Gasteiger partial charge in [-0.3, -0.25) is 14.5 Å². The topological polar surface area (TPSA) is 78.5 Å². The van der Waals surface area contributed by atoms with Crippen molar-refractivity contribution in [3.05, 3.63) is 75.5 Å². The highest BCUT2D eigenvalue weighted by Crippen LogP contribution is 2.23. The first-order valence-electron chi connectivity index (χ1n) is 10.7. The van der Waals surface area contributed by atoms with Gasteiger partial charge >= 0.3 is 0 Å². The fourth-order valence-electron chi connectivity index (χ4n) is 4.33. The Morgan fingerprint density at radius 1 is 1.25 bits per heavy atom. The molecule has 2 heterocycles. The number of rotatable bonds is 6. The summed E-state index contributed by atoms with van der Waals surface area (Å²) in [6, 6.07) is 11.8. The second kappa shape index (κ2) is 9.18. The van der Waals surface area contributed by atoms with E-state index in [1.54, 1.807) is 36.3 Å². The van der Waals surface area contributed by atoms with Crippen LogP contribution < -0.4 is 5.56 Å². The zero-order chi connectivity index (χ0) is 22.8. The molecule has 1 N–H and O–H groups in total. The van der Waals surface area contributed by atoms with E-state index in [-0.39, 0.29) is 29.2 Å². The van der Waals surface area contributed by atoms with Gasteiger partial charge in [-0.1, -0.05) is 31.2 Å². The first kappa shape index (κ1) is 22.1. The minimum absolute atomic E-state index is 0.0332. The van der Waals surface area contributed by atoms with Crippen molar-refractivity contribution >= 4 is 16.7 Å². The number of carbonyl (C=O) groups excluding carboxylic acids is 1. The van der Waals surface area contributed by atoms with Gasteiger partial charge in [0.2, 0.25) is 0 Å². The van der Waals surface area contributed by atoms with E-state index >= 15 is 0 Å². The maximum Gasteiger partial charge on any atom is 0.272 e. The highest BCUT2D eigenvalue weighted by atomic mass is 19.1. The van der Waals surface area contributed by atoms with Crippen molar-refractivity contribution in [1.29, 1.82) is 0 Å². The van der Waals surface area contributed by atoms with Crippen LogP contribution in [0.4, 0.5) is 4.39 Å². The Morgan fingerprint density at radius 3 is 2.72 bits per heavy atom. The summed E-state index contributed by atoms with van der Waals surface area (Å²) in [5, 5.41) is 7.99. The summed E-state index contributed by atoms with van der Waals surface area (Å²) in [7, 11) is 3.63. The molecular formula is C24H27FN4O3. The van der Waals surface area contributed by atoms with Crippen molar-refractivity contribution in [2.45, 2.75) is 25.5 Å². The zero-order valence-corrected chi connectivity index (χ0v) is 18.5. The van der Waals surface area contributed by atoms with Crippen molar-refractivity contribution in [3.8, 4) is 0 Å². The van der Waals surface area contributed by atoms with E-state index in [0.29, 0.717) is 30.6 Å². The Morgan fingerprint density at radius 2 is 2.00 bits per heavy atom. The molecule has 32 heavy (non-hydrogen) atoms. The molecule has 2 aromatic carbocycles.